The topological polar surface area (TPSA) is 70.5 Å². The van der Waals surface area contributed by atoms with Gasteiger partial charge >= 0.3 is 12.1 Å². The van der Waals surface area contributed by atoms with E-state index < -0.39 is 23.3 Å². The van der Waals surface area contributed by atoms with E-state index in [0.29, 0.717) is 27.1 Å². The van der Waals surface area contributed by atoms with Crippen LogP contribution in [0.25, 0.3) is 10.6 Å². The number of carbonyl (C=O) groups is 1. The molecule has 33 heavy (non-hydrogen) atoms. The standard InChI is InChI=1S/C23H23F3N2O4S/c1-5-30-21(29)22(3,4)32-18-11-10-17(12-14(18)2)31-13-19-27-28-20(33-19)15-6-8-16(9-7-15)23(24,25)26/h6-12H,5,13H2,1-4H3. The molecular formula is C23H23F3N2O4S. The Hall–Kier alpha value is -3.14. The fourth-order valence-electron chi connectivity index (χ4n) is 2.82. The first-order chi connectivity index (χ1) is 15.5. The van der Waals surface area contributed by atoms with Crippen LogP contribution in [-0.4, -0.2) is 28.4 Å². The van der Waals surface area contributed by atoms with Crippen molar-refractivity contribution in [2.45, 2.75) is 46.1 Å². The maximum absolute atomic E-state index is 12.7. The van der Waals surface area contributed by atoms with Gasteiger partial charge < -0.3 is 14.2 Å². The number of ether oxygens (including phenoxy) is 3. The highest BCUT2D eigenvalue weighted by molar-refractivity contribution is 7.14. The molecule has 0 spiro atoms. The normalized spacial score (nSPS) is 11.8. The molecule has 0 saturated heterocycles. The predicted octanol–water partition coefficient (Wildman–Crippen LogP) is 5.83. The average Bonchev–Trinajstić information content (AvgIpc) is 3.23. The van der Waals surface area contributed by atoms with Gasteiger partial charge in [-0.3, -0.25) is 0 Å². The molecule has 0 bridgehead atoms. The monoisotopic (exact) mass is 480 g/mol. The first-order valence-corrected chi connectivity index (χ1v) is 10.9. The number of rotatable bonds is 8. The largest absolute Gasteiger partial charge is 0.486 e. The van der Waals surface area contributed by atoms with Crippen LogP contribution in [0, 0.1) is 6.92 Å². The van der Waals surface area contributed by atoms with Gasteiger partial charge in [0.05, 0.1) is 12.2 Å². The molecule has 3 aromatic rings. The molecule has 0 aliphatic carbocycles. The summed E-state index contributed by atoms with van der Waals surface area (Å²) in [4.78, 5) is 12.0. The van der Waals surface area contributed by atoms with Gasteiger partial charge in [0.25, 0.3) is 0 Å². The van der Waals surface area contributed by atoms with E-state index in [9.17, 15) is 18.0 Å². The van der Waals surface area contributed by atoms with Crippen molar-refractivity contribution in [2.75, 3.05) is 6.61 Å². The van der Waals surface area contributed by atoms with Crippen molar-refractivity contribution in [3.8, 4) is 22.1 Å². The molecule has 0 atom stereocenters. The zero-order valence-electron chi connectivity index (χ0n) is 18.5. The van der Waals surface area contributed by atoms with Gasteiger partial charge in [-0.05, 0) is 63.6 Å². The van der Waals surface area contributed by atoms with E-state index in [1.165, 1.54) is 23.5 Å². The van der Waals surface area contributed by atoms with Crippen LogP contribution < -0.4 is 9.47 Å². The van der Waals surface area contributed by atoms with Crippen molar-refractivity contribution >= 4 is 17.3 Å². The van der Waals surface area contributed by atoms with E-state index in [2.05, 4.69) is 10.2 Å². The molecule has 6 nitrogen and oxygen atoms in total. The number of hydrogen-bond donors (Lipinski definition) is 0. The maximum atomic E-state index is 12.7. The minimum Gasteiger partial charge on any atom is -0.486 e. The molecule has 0 N–H and O–H groups in total. The fraction of sp³-hybridized carbons (Fsp3) is 0.348. The molecule has 0 amide bonds. The van der Waals surface area contributed by atoms with Crippen LogP contribution in [0.1, 0.15) is 36.9 Å². The molecule has 0 radical (unpaired) electrons. The molecule has 0 fully saturated rings. The number of hydrogen-bond acceptors (Lipinski definition) is 7. The molecule has 10 heteroatoms. The number of carbonyl (C=O) groups excluding carboxylic acids is 1. The van der Waals surface area contributed by atoms with Gasteiger partial charge in [-0.15, -0.1) is 10.2 Å². The second kappa shape index (κ2) is 9.78. The highest BCUT2D eigenvalue weighted by atomic mass is 32.1. The molecule has 176 valence electrons. The van der Waals surface area contributed by atoms with E-state index >= 15 is 0 Å². The predicted molar refractivity (Wildman–Crippen MR) is 117 cm³/mol. The summed E-state index contributed by atoms with van der Waals surface area (Å²) in [6.45, 7) is 7.25. The Balaban J connectivity index is 1.62. The number of esters is 1. The Bertz CT molecular complexity index is 1110. The highest BCUT2D eigenvalue weighted by Crippen LogP contribution is 2.32. The van der Waals surface area contributed by atoms with Gasteiger partial charge in [-0.25, -0.2) is 4.79 Å². The summed E-state index contributed by atoms with van der Waals surface area (Å²) in [5, 5.41) is 9.17. The van der Waals surface area contributed by atoms with E-state index in [1.807, 2.05) is 6.92 Å². The minimum atomic E-state index is -4.38. The van der Waals surface area contributed by atoms with Crippen LogP contribution in [0.4, 0.5) is 13.2 Å². The van der Waals surface area contributed by atoms with Crippen LogP contribution in [-0.2, 0) is 22.3 Å². The van der Waals surface area contributed by atoms with Crippen LogP contribution >= 0.6 is 11.3 Å². The molecule has 0 aliphatic heterocycles. The number of alkyl halides is 3. The van der Waals surface area contributed by atoms with Gasteiger partial charge in [0.2, 0.25) is 0 Å². The summed E-state index contributed by atoms with van der Waals surface area (Å²) in [6.07, 6.45) is -4.38. The quantitative estimate of drug-likeness (QED) is 0.378. The van der Waals surface area contributed by atoms with E-state index in [1.54, 1.807) is 39.0 Å². The Labute approximate surface area is 193 Å². The molecule has 0 saturated carbocycles. The lowest BCUT2D eigenvalue weighted by atomic mass is 10.1. The van der Waals surface area contributed by atoms with Crippen molar-refractivity contribution in [3.63, 3.8) is 0 Å². The number of aryl methyl sites for hydroxylation is 1. The van der Waals surface area contributed by atoms with Crippen molar-refractivity contribution in [1.29, 1.82) is 0 Å². The smallest absolute Gasteiger partial charge is 0.416 e. The highest BCUT2D eigenvalue weighted by Gasteiger charge is 2.32. The lowest BCUT2D eigenvalue weighted by molar-refractivity contribution is -0.158. The van der Waals surface area contributed by atoms with Crippen LogP contribution in [0.3, 0.4) is 0 Å². The van der Waals surface area contributed by atoms with Gasteiger partial charge in [0.15, 0.2) is 10.6 Å². The third-order valence-electron chi connectivity index (χ3n) is 4.57. The Morgan fingerprint density at radius 3 is 2.36 bits per heavy atom. The van der Waals surface area contributed by atoms with Crippen LogP contribution in [0.2, 0.25) is 0 Å². The van der Waals surface area contributed by atoms with Gasteiger partial charge in [-0.1, -0.05) is 23.5 Å². The third-order valence-corrected chi connectivity index (χ3v) is 5.51. The number of halogens is 3. The Morgan fingerprint density at radius 1 is 1.06 bits per heavy atom. The van der Waals surface area contributed by atoms with E-state index in [4.69, 9.17) is 14.2 Å². The molecule has 0 unspecified atom stereocenters. The van der Waals surface area contributed by atoms with Crippen molar-refractivity contribution in [2.24, 2.45) is 0 Å². The lowest BCUT2D eigenvalue weighted by Crippen LogP contribution is -2.39. The van der Waals surface area contributed by atoms with Crippen LogP contribution in [0.15, 0.2) is 42.5 Å². The molecule has 0 aliphatic rings. The van der Waals surface area contributed by atoms with Crippen molar-refractivity contribution in [1.82, 2.24) is 10.2 Å². The summed E-state index contributed by atoms with van der Waals surface area (Å²) in [5.74, 6) is 0.644. The SMILES string of the molecule is CCOC(=O)C(C)(C)Oc1ccc(OCc2nnc(-c3ccc(C(F)(F)F)cc3)s2)cc1C. The summed E-state index contributed by atoms with van der Waals surface area (Å²) in [7, 11) is 0. The first kappa shape index (κ1) is 24.5. The van der Waals surface area contributed by atoms with Crippen molar-refractivity contribution in [3.05, 3.63) is 58.6 Å². The molecule has 1 aromatic heterocycles. The van der Waals surface area contributed by atoms with Crippen molar-refractivity contribution < 1.29 is 32.2 Å². The van der Waals surface area contributed by atoms with E-state index in [0.717, 1.165) is 17.7 Å². The fourth-order valence-corrected chi connectivity index (χ4v) is 3.58. The van der Waals surface area contributed by atoms with E-state index in [-0.39, 0.29) is 13.2 Å². The zero-order valence-corrected chi connectivity index (χ0v) is 19.3. The zero-order chi connectivity index (χ0) is 24.2. The van der Waals surface area contributed by atoms with Gasteiger partial charge in [-0.2, -0.15) is 13.2 Å². The molecule has 1 heterocycles. The number of benzene rings is 2. The number of aromatic nitrogens is 2. The first-order valence-electron chi connectivity index (χ1n) is 10.1. The summed E-state index contributed by atoms with van der Waals surface area (Å²) < 4.78 is 54.8. The summed E-state index contributed by atoms with van der Waals surface area (Å²) in [6, 6.07) is 9.96. The summed E-state index contributed by atoms with van der Waals surface area (Å²) >= 11 is 1.24. The number of nitrogens with zero attached hydrogens (tertiary/aromatic N) is 2. The molecule has 3 rings (SSSR count). The second-order valence-electron chi connectivity index (χ2n) is 7.62. The van der Waals surface area contributed by atoms with Gasteiger partial charge in [0, 0.05) is 5.56 Å². The minimum absolute atomic E-state index is 0.145. The summed E-state index contributed by atoms with van der Waals surface area (Å²) in [5.41, 5.74) is -0.529. The second-order valence-corrected chi connectivity index (χ2v) is 8.69. The molecule has 2 aromatic carbocycles. The Kier molecular flexibility index (Phi) is 7.26. The Morgan fingerprint density at radius 2 is 1.76 bits per heavy atom. The van der Waals surface area contributed by atoms with Gasteiger partial charge in [0.1, 0.15) is 23.1 Å². The average molecular weight is 481 g/mol. The third kappa shape index (κ3) is 6.22. The lowest BCUT2D eigenvalue weighted by Gasteiger charge is -2.25. The van der Waals surface area contributed by atoms with Crippen LogP contribution in [0.5, 0.6) is 11.5 Å². The molecular weight excluding hydrogens is 457 g/mol. The maximum Gasteiger partial charge on any atom is 0.416 e.